The molecule has 0 heterocycles. The maximum absolute atomic E-state index is 14.5. The van der Waals surface area contributed by atoms with E-state index in [1.165, 1.54) is 11.8 Å². The summed E-state index contributed by atoms with van der Waals surface area (Å²) in [5.41, 5.74) is 6.48. The Morgan fingerprint density at radius 1 is 1.32 bits per heavy atom. The lowest BCUT2D eigenvalue weighted by molar-refractivity contribution is -0.124. The SMILES string of the molecule is CCNC(NC)(N(C)C)C(N)(SC(C)C)N(F)CC. The maximum Gasteiger partial charge on any atom is 0.191 e. The van der Waals surface area contributed by atoms with Crippen LogP contribution >= 0.6 is 11.8 Å². The summed E-state index contributed by atoms with van der Waals surface area (Å²) < 4.78 is 14.5. The van der Waals surface area contributed by atoms with E-state index in [0.717, 1.165) is 0 Å². The lowest BCUT2D eigenvalue weighted by Gasteiger charge is -2.53. The molecule has 19 heavy (non-hydrogen) atoms. The molecule has 0 spiro atoms. The molecule has 2 atom stereocenters. The predicted octanol–water partition coefficient (Wildman–Crippen LogP) is 0.991. The Bertz CT molecular complexity index is 267. The highest BCUT2D eigenvalue weighted by atomic mass is 32.2. The van der Waals surface area contributed by atoms with Crippen molar-refractivity contribution in [2.75, 3.05) is 34.2 Å². The van der Waals surface area contributed by atoms with E-state index in [2.05, 4.69) is 10.6 Å². The average Bonchev–Trinajstić information content (AvgIpc) is 2.33. The van der Waals surface area contributed by atoms with Crippen molar-refractivity contribution in [3.63, 3.8) is 0 Å². The summed E-state index contributed by atoms with van der Waals surface area (Å²) in [5.74, 6) is -0.874. The second kappa shape index (κ2) is 7.75. The number of rotatable bonds is 9. The Hall–Kier alpha value is 0.0800. The summed E-state index contributed by atoms with van der Waals surface area (Å²) in [7, 11) is 5.55. The summed E-state index contributed by atoms with van der Waals surface area (Å²) in [5, 5.41) is 7.34. The van der Waals surface area contributed by atoms with E-state index in [1.54, 1.807) is 14.0 Å². The molecule has 0 saturated carbocycles. The van der Waals surface area contributed by atoms with Gasteiger partial charge in [0.1, 0.15) is 0 Å². The van der Waals surface area contributed by atoms with Crippen molar-refractivity contribution in [3.05, 3.63) is 0 Å². The lowest BCUT2D eigenvalue weighted by Crippen LogP contribution is -2.82. The number of halogens is 1. The molecule has 0 amide bonds. The van der Waals surface area contributed by atoms with Gasteiger partial charge in [-0.1, -0.05) is 20.8 Å². The van der Waals surface area contributed by atoms with Crippen molar-refractivity contribution in [1.29, 1.82) is 0 Å². The van der Waals surface area contributed by atoms with E-state index in [0.29, 0.717) is 11.7 Å². The molecule has 0 aliphatic heterocycles. The van der Waals surface area contributed by atoms with Crippen LogP contribution in [-0.4, -0.2) is 60.3 Å². The molecule has 0 aromatic rings. The zero-order valence-corrected chi connectivity index (χ0v) is 14.1. The van der Waals surface area contributed by atoms with Crippen LogP contribution in [0.3, 0.4) is 0 Å². The third-order valence-corrected chi connectivity index (χ3v) is 4.36. The van der Waals surface area contributed by atoms with Gasteiger partial charge in [0, 0.05) is 11.8 Å². The minimum Gasteiger partial charge on any atom is -0.299 e. The maximum atomic E-state index is 14.5. The van der Waals surface area contributed by atoms with Crippen LogP contribution in [-0.2, 0) is 0 Å². The van der Waals surface area contributed by atoms with E-state index >= 15 is 0 Å². The summed E-state index contributed by atoms with van der Waals surface area (Å²) in [6, 6.07) is 0. The normalized spacial score (nSPS) is 18.9. The van der Waals surface area contributed by atoms with Crippen LogP contribution in [0.25, 0.3) is 0 Å². The topological polar surface area (TPSA) is 56.6 Å². The second-order valence-electron chi connectivity index (χ2n) is 4.93. The molecule has 5 nitrogen and oxygen atoms in total. The molecule has 116 valence electrons. The molecule has 0 aromatic carbocycles. The van der Waals surface area contributed by atoms with E-state index in [-0.39, 0.29) is 11.8 Å². The number of nitrogens with zero attached hydrogens (tertiary/aromatic N) is 2. The van der Waals surface area contributed by atoms with Crippen molar-refractivity contribution in [3.8, 4) is 0 Å². The van der Waals surface area contributed by atoms with Gasteiger partial charge in [-0.25, -0.2) is 0 Å². The highest BCUT2D eigenvalue weighted by molar-refractivity contribution is 8.01. The number of nitrogens with one attached hydrogen (secondary N) is 2. The average molecular weight is 295 g/mol. The van der Waals surface area contributed by atoms with Crippen molar-refractivity contribution in [1.82, 2.24) is 20.7 Å². The fourth-order valence-electron chi connectivity index (χ4n) is 2.26. The van der Waals surface area contributed by atoms with E-state index < -0.39 is 10.8 Å². The molecule has 0 saturated heterocycles. The van der Waals surface area contributed by atoms with Crippen molar-refractivity contribution in [2.45, 2.75) is 43.7 Å². The highest BCUT2D eigenvalue weighted by Gasteiger charge is 2.55. The summed E-state index contributed by atoms with van der Waals surface area (Å²) in [6.45, 7) is 8.65. The van der Waals surface area contributed by atoms with Crippen molar-refractivity contribution < 1.29 is 4.48 Å². The fraction of sp³-hybridized carbons (Fsp3) is 1.00. The third kappa shape index (κ3) is 3.80. The summed E-state index contributed by atoms with van der Waals surface area (Å²) >= 11 is 1.40. The predicted molar refractivity (Wildman–Crippen MR) is 82.3 cm³/mol. The monoisotopic (exact) mass is 295 g/mol. The zero-order valence-electron chi connectivity index (χ0n) is 13.2. The molecule has 0 bridgehead atoms. The summed E-state index contributed by atoms with van der Waals surface area (Å²) in [4.78, 5) is 0.637. The van der Waals surface area contributed by atoms with Gasteiger partial charge in [-0.05, 0) is 34.6 Å². The van der Waals surface area contributed by atoms with Gasteiger partial charge in [0.2, 0.25) is 0 Å². The Kier molecular flexibility index (Phi) is 7.79. The van der Waals surface area contributed by atoms with Crippen molar-refractivity contribution in [2.24, 2.45) is 5.73 Å². The molecule has 0 radical (unpaired) electrons. The Labute approximate surface area is 121 Å². The summed E-state index contributed by atoms with van der Waals surface area (Å²) in [6.07, 6.45) is 0. The molecule has 0 aliphatic carbocycles. The van der Waals surface area contributed by atoms with E-state index in [9.17, 15) is 4.48 Å². The number of hydrogen-bond donors (Lipinski definition) is 3. The van der Waals surface area contributed by atoms with Gasteiger partial charge in [-0.2, -0.15) is 0 Å². The van der Waals surface area contributed by atoms with Crippen LogP contribution in [0.15, 0.2) is 0 Å². The van der Waals surface area contributed by atoms with Gasteiger partial charge in [-0.15, -0.1) is 21.4 Å². The van der Waals surface area contributed by atoms with Gasteiger partial charge >= 0.3 is 0 Å². The Morgan fingerprint density at radius 3 is 2.11 bits per heavy atom. The molecule has 0 aromatic heterocycles. The first-order chi connectivity index (χ1) is 8.71. The molecule has 0 rings (SSSR count). The molecule has 7 heteroatoms. The van der Waals surface area contributed by atoms with Gasteiger partial charge in [0.05, 0.1) is 0 Å². The highest BCUT2D eigenvalue weighted by Crippen LogP contribution is 2.37. The first-order valence-electron chi connectivity index (χ1n) is 6.73. The molecular formula is C12H30FN5S. The lowest BCUT2D eigenvalue weighted by atomic mass is 10.2. The van der Waals surface area contributed by atoms with Crippen LogP contribution in [0, 0.1) is 0 Å². The smallest absolute Gasteiger partial charge is 0.191 e. The van der Waals surface area contributed by atoms with Gasteiger partial charge < -0.3 is 0 Å². The quantitative estimate of drug-likeness (QED) is 0.436. The Morgan fingerprint density at radius 2 is 1.84 bits per heavy atom. The Balaban J connectivity index is 5.72. The zero-order chi connectivity index (χ0) is 15.3. The van der Waals surface area contributed by atoms with Crippen LogP contribution in [0.2, 0.25) is 0 Å². The van der Waals surface area contributed by atoms with Crippen LogP contribution in [0.5, 0.6) is 0 Å². The van der Waals surface area contributed by atoms with Crippen molar-refractivity contribution >= 4 is 11.8 Å². The van der Waals surface area contributed by atoms with Crippen LogP contribution in [0.1, 0.15) is 27.7 Å². The number of thioether (sulfide) groups is 1. The van der Waals surface area contributed by atoms with E-state index in [1.807, 2.05) is 39.8 Å². The molecule has 0 fully saturated rings. The largest absolute Gasteiger partial charge is 0.299 e. The molecule has 4 N–H and O–H groups in total. The first kappa shape index (κ1) is 19.1. The third-order valence-electron chi connectivity index (χ3n) is 3.04. The number of likely N-dealkylation sites (N-methyl/N-ethyl adjacent to an activating group) is 4. The molecule has 2 unspecified atom stereocenters. The van der Waals surface area contributed by atoms with Gasteiger partial charge in [0.15, 0.2) is 10.8 Å². The number of hydrogen-bond acceptors (Lipinski definition) is 6. The second-order valence-corrected chi connectivity index (χ2v) is 6.73. The number of nitrogens with two attached hydrogens (primary N) is 1. The fourth-order valence-corrected chi connectivity index (χ4v) is 3.75. The van der Waals surface area contributed by atoms with E-state index in [4.69, 9.17) is 5.73 Å². The minimum absolute atomic E-state index is 0.195. The molecule has 0 aliphatic rings. The standard InChI is InChI=1S/C12H30FN5S/c1-8-16-12(15-5,17(6)7)11(14,18(13)9-2)19-10(3)4/h10,15-16H,8-9,14H2,1-7H3. The first-order valence-corrected chi connectivity index (χ1v) is 7.61. The van der Waals surface area contributed by atoms with Crippen LogP contribution in [0.4, 0.5) is 4.48 Å². The van der Waals surface area contributed by atoms with Crippen LogP contribution < -0.4 is 16.4 Å². The van der Waals surface area contributed by atoms with Gasteiger partial charge in [-0.3, -0.25) is 21.3 Å². The minimum atomic E-state index is -1.25. The molecular weight excluding hydrogens is 265 g/mol. The van der Waals surface area contributed by atoms with Gasteiger partial charge in [0.25, 0.3) is 0 Å².